The maximum absolute atomic E-state index is 13.4. The molecule has 1 aliphatic carbocycles. The van der Waals surface area contributed by atoms with E-state index in [0.717, 1.165) is 13.0 Å². The number of amides is 3. The molecule has 17 nitrogen and oxygen atoms in total. The van der Waals surface area contributed by atoms with Crippen LogP contribution < -0.4 is 21.3 Å². The Bertz CT molecular complexity index is 1430. The van der Waals surface area contributed by atoms with Gasteiger partial charge in [0.15, 0.2) is 23.1 Å². The molecule has 0 fully saturated rings. The fourth-order valence-corrected chi connectivity index (χ4v) is 5.64. The number of carbonyl (C=O) groups is 9. The SMILES string of the molecule is CCC(C)C(CC(=O)C(CCC(=O)O)NC(=O)C(CCC(=O)O)CC(=O)C(CC1=CC(=O)C(CP(=O)([O-])O)=CC1=O)NC(C)=O)C(N)=O. The van der Waals surface area contributed by atoms with Crippen molar-refractivity contribution in [1.82, 2.24) is 10.6 Å². The summed E-state index contributed by atoms with van der Waals surface area (Å²) >= 11 is 0. The van der Waals surface area contributed by atoms with Gasteiger partial charge in [-0.15, -0.1) is 0 Å². The number of carbonyl (C=O) groups excluding carboxylic acids is 7. The number of primary amides is 1. The van der Waals surface area contributed by atoms with Crippen molar-refractivity contribution in [2.45, 2.75) is 84.2 Å². The summed E-state index contributed by atoms with van der Waals surface area (Å²) in [6, 6.07) is -2.95. The van der Waals surface area contributed by atoms with Crippen molar-refractivity contribution >= 4 is 60.4 Å². The van der Waals surface area contributed by atoms with Gasteiger partial charge in [0, 0.05) is 68.2 Å². The molecule has 6 atom stereocenters. The summed E-state index contributed by atoms with van der Waals surface area (Å²) in [4.78, 5) is 132. The minimum absolute atomic E-state index is 0.300. The quantitative estimate of drug-likeness (QED) is 0.0604. The normalized spacial score (nSPS) is 17.4. The fraction of sp³-hybridized carbons (Fsp3) is 0.567. The molecule has 0 radical (unpaired) electrons. The molecule has 6 unspecified atom stereocenters. The molecule has 266 valence electrons. The summed E-state index contributed by atoms with van der Waals surface area (Å²) in [7, 11) is -4.95. The largest absolute Gasteiger partial charge is 0.778 e. The highest BCUT2D eigenvalue weighted by Crippen LogP contribution is 2.33. The first-order valence-electron chi connectivity index (χ1n) is 15.0. The first kappa shape index (κ1) is 41.7. The number of hydrogen-bond donors (Lipinski definition) is 6. The minimum Gasteiger partial charge on any atom is -0.778 e. The number of nitrogens with one attached hydrogen (secondary N) is 2. The Hall–Kier alpha value is -4.34. The highest BCUT2D eigenvalue weighted by Gasteiger charge is 2.34. The molecule has 0 heterocycles. The zero-order valence-electron chi connectivity index (χ0n) is 26.8. The highest BCUT2D eigenvalue weighted by molar-refractivity contribution is 7.50. The molecule has 0 saturated carbocycles. The van der Waals surface area contributed by atoms with Crippen LogP contribution in [-0.4, -0.2) is 86.1 Å². The van der Waals surface area contributed by atoms with Crippen molar-refractivity contribution in [2.75, 3.05) is 6.16 Å². The molecular weight excluding hydrogens is 657 g/mol. The lowest BCUT2D eigenvalue weighted by atomic mass is 9.84. The van der Waals surface area contributed by atoms with Crippen molar-refractivity contribution < 1.29 is 67.7 Å². The van der Waals surface area contributed by atoms with Gasteiger partial charge in [0.05, 0.1) is 12.1 Å². The van der Waals surface area contributed by atoms with E-state index in [0.29, 0.717) is 12.5 Å². The van der Waals surface area contributed by atoms with Crippen LogP contribution in [-0.2, 0) is 47.7 Å². The van der Waals surface area contributed by atoms with Crippen LogP contribution in [0.5, 0.6) is 0 Å². The first-order valence-corrected chi connectivity index (χ1v) is 16.8. The van der Waals surface area contributed by atoms with Crippen molar-refractivity contribution in [2.24, 2.45) is 23.5 Å². The third kappa shape index (κ3) is 14.6. The van der Waals surface area contributed by atoms with Gasteiger partial charge in [0.2, 0.25) is 17.7 Å². The van der Waals surface area contributed by atoms with Crippen LogP contribution in [0.2, 0.25) is 0 Å². The topological polar surface area (TPSA) is 305 Å². The first-order chi connectivity index (χ1) is 22.1. The Kier molecular flexibility index (Phi) is 16.4. The zero-order chi connectivity index (χ0) is 36.9. The third-order valence-electron chi connectivity index (χ3n) is 7.80. The second-order valence-electron chi connectivity index (χ2n) is 11.7. The molecule has 0 aromatic rings. The van der Waals surface area contributed by atoms with Crippen LogP contribution >= 0.6 is 7.60 Å². The number of hydrogen-bond acceptors (Lipinski definition) is 11. The number of aliphatic carboxylic acids is 2. The summed E-state index contributed by atoms with van der Waals surface area (Å²) in [6.07, 6.45) is -2.89. The average molecular weight is 699 g/mol. The molecule has 7 N–H and O–H groups in total. The number of rotatable bonds is 22. The van der Waals surface area contributed by atoms with Crippen LogP contribution in [0.15, 0.2) is 23.3 Å². The second kappa shape index (κ2) is 18.9. The molecule has 48 heavy (non-hydrogen) atoms. The van der Waals surface area contributed by atoms with E-state index in [1.165, 1.54) is 0 Å². The van der Waals surface area contributed by atoms with Gasteiger partial charge in [-0.25, -0.2) is 0 Å². The number of nitrogens with two attached hydrogens (primary N) is 1. The van der Waals surface area contributed by atoms with Gasteiger partial charge in [-0.2, -0.15) is 0 Å². The predicted octanol–water partition coefficient (Wildman–Crippen LogP) is -0.672. The summed E-state index contributed by atoms with van der Waals surface area (Å²) in [5, 5.41) is 23.1. The van der Waals surface area contributed by atoms with Gasteiger partial charge in [0.25, 0.3) is 0 Å². The van der Waals surface area contributed by atoms with Crippen molar-refractivity contribution in [3.05, 3.63) is 23.3 Å². The standard InChI is InChI=1S/C30H42N3O14P/c1-4-15(2)20(29(31)43)13-26(38)21(6-8-28(41)42)33-30(44)17(5-7-27(39)40)10-25(37)22(32-16(3)34)9-18-11-24(36)19(12-23(18)35)14-48(45,46)47/h11-12,15,17,20-22H,4-10,13-14H2,1-3H3,(H2,31,43)(H,32,34)(H,33,44)(H,39,40)(H,41,42)(H2,45,46,47)/p-1. The van der Waals surface area contributed by atoms with Gasteiger partial charge < -0.3 is 40.9 Å². The van der Waals surface area contributed by atoms with E-state index in [1.807, 2.05) is 0 Å². The van der Waals surface area contributed by atoms with Crippen molar-refractivity contribution in [3.63, 3.8) is 0 Å². The maximum atomic E-state index is 13.4. The van der Waals surface area contributed by atoms with E-state index < -0.39 is 141 Å². The number of carboxylic acid groups (broad SMARTS) is 2. The Balaban J connectivity index is 3.30. The Morgan fingerprint density at radius 2 is 1.40 bits per heavy atom. The predicted molar refractivity (Wildman–Crippen MR) is 164 cm³/mol. The molecular formula is C30H41N3O14P-. The van der Waals surface area contributed by atoms with Crippen LogP contribution in [0, 0.1) is 17.8 Å². The molecule has 1 aliphatic rings. The highest BCUT2D eigenvalue weighted by atomic mass is 31.2. The Labute approximate surface area is 275 Å². The number of carboxylic acids is 2. The molecule has 0 spiro atoms. The van der Waals surface area contributed by atoms with E-state index >= 15 is 0 Å². The monoisotopic (exact) mass is 698 g/mol. The number of Topliss-reactive ketones (excluding diaryl/α,β-unsaturated/α-hetero) is 2. The molecule has 0 saturated heterocycles. The van der Waals surface area contributed by atoms with Crippen molar-refractivity contribution in [3.8, 4) is 0 Å². The third-order valence-corrected chi connectivity index (χ3v) is 8.54. The fourth-order valence-electron chi connectivity index (χ4n) is 4.96. The van der Waals surface area contributed by atoms with Gasteiger partial charge in [-0.05, 0) is 30.9 Å². The van der Waals surface area contributed by atoms with Crippen molar-refractivity contribution in [1.29, 1.82) is 0 Å². The Morgan fingerprint density at radius 1 is 0.875 bits per heavy atom. The van der Waals surface area contributed by atoms with Crippen LogP contribution in [0.1, 0.15) is 72.1 Å². The molecule has 3 amide bonds. The van der Waals surface area contributed by atoms with E-state index in [-0.39, 0.29) is 11.5 Å². The second-order valence-corrected chi connectivity index (χ2v) is 13.3. The smallest absolute Gasteiger partial charge is 0.303 e. The summed E-state index contributed by atoms with van der Waals surface area (Å²) in [5.41, 5.74) is 4.64. The average Bonchev–Trinajstić information content (AvgIpc) is 2.95. The minimum atomic E-state index is -4.95. The van der Waals surface area contributed by atoms with E-state index in [4.69, 9.17) is 10.6 Å². The van der Waals surface area contributed by atoms with Gasteiger partial charge >= 0.3 is 11.9 Å². The van der Waals surface area contributed by atoms with Gasteiger partial charge in [-0.1, -0.05) is 20.3 Å². The Morgan fingerprint density at radius 3 is 1.90 bits per heavy atom. The summed E-state index contributed by atoms with van der Waals surface area (Å²) in [6.45, 7) is 4.50. The lowest BCUT2D eigenvalue weighted by molar-refractivity contribution is -0.192. The number of ketones is 4. The molecule has 0 bridgehead atoms. The van der Waals surface area contributed by atoms with E-state index in [2.05, 4.69) is 10.6 Å². The van der Waals surface area contributed by atoms with Gasteiger partial charge in [-0.3, -0.25) is 43.2 Å². The van der Waals surface area contributed by atoms with E-state index in [1.54, 1.807) is 13.8 Å². The lowest BCUT2D eigenvalue weighted by Crippen LogP contribution is -2.47. The summed E-state index contributed by atoms with van der Waals surface area (Å²) in [5.74, 6) is -11.2. The molecule has 0 aromatic heterocycles. The molecule has 1 rings (SSSR count). The molecule has 0 aliphatic heterocycles. The number of allylic oxidation sites excluding steroid dienone is 3. The van der Waals surface area contributed by atoms with E-state index in [9.17, 15) is 62.8 Å². The zero-order valence-corrected chi connectivity index (χ0v) is 27.7. The molecule has 18 heteroatoms. The molecule has 0 aromatic carbocycles. The van der Waals surface area contributed by atoms with Crippen LogP contribution in [0.4, 0.5) is 0 Å². The van der Waals surface area contributed by atoms with Crippen LogP contribution in [0.3, 0.4) is 0 Å². The van der Waals surface area contributed by atoms with Gasteiger partial charge in [0.1, 0.15) is 7.60 Å². The lowest BCUT2D eigenvalue weighted by Gasteiger charge is -2.25. The van der Waals surface area contributed by atoms with Crippen LogP contribution in [0.25, 0.3) is 0 Å². The summed E-state index contributed by atoms with van der Waals surface area (Å²) < 4.78 is 11.2. The maximum Gasteiger partial charge on any atom is 0.303 e.